The first-order valence-electron chi connectivity index (χ1n) is 4.31. The van der Waals surface area contributed by atoms with Gasteiger partial charge in [0.25, 0.3) is 0 Å². The summed E-state index contributed by atoms with van der Waals surface area (Å²) < 4.78 is 28.3. The first-order chi connectivity index (χ1) is 6.50. The van der Waals surface area contributed by atoms with Crippen LogP contribution < -0.4 is 10.5 Å². The van der Waals surface area contributed by atoms with Crippen molar-refractivity contribution >= 4 is 0 Å². The van der Waals surface area contributed by atoms with Gasteiger partial charge in [0.1, 0.15) is 5.75 Å². The van der Waals surface area contributed by atoms with Crippen LogP contribution in [0, 0.1) is 6.92 Å². The van der Waals surface area contributed by atoms with Crippen molar-refractivity contribution in [3.63, 3.8) is 0 Å². The maximum absolute atomic E-state index is 12.0. The average molecular weight is 201 g/mol. The highest BCUT2D eigenvalue weighted by molar-refractivity contribution is 5.37. The Morgan fingerprint density at radius 1 is 1.36 bits per heavy atom. The smallest absolute Gasteiger partial charge is 0.387 e. The van der Waals surface area contributed by atoms with Crippen molar-refractivity contribution in [1.29, 1.82) is 0 Å². The SMILES string of the molecule is Cc1ccc(C(C)N)cc1OC(F)F. The highest BCUT2D eigenvalue weighted by Crippen LogP contribution is 2.23. The lowest BCUT2D eigenvalue weighted by Crippen LogP contribution is -2.07. The van der Waals surface area contributed by atoms with Crippen LogP contribution in [0.3, 0.4) is 0 Å². The summed E-state index contributed by atoms with van der Waals surface area (Å²) in [4.78, 5) is 0. The lowest BCUT2D eigenvalue weighted by Gasteiger charge is -2.11. The topological polar surface area (TPSA) is 35.2 Å². The highest BCUT2D eigenvalue weighted by atomic mass is 19.3. The Morgan fingerprint density at radius 3 is 2.50 bits per heavy atom. The van der Waals surface area contributed by atoms with Crippen LogP contribution in [-0.2, 0) is 0 Å². The number of halogens is 2. The summed E-state index contributed by atoms with van der Waals surface area (Å²) >= 11 is 0. The van der Waals surface area contributed by atoms with E-state index in [1.165, 1.54) is 0 Å². The van der Waals surface area contributed by atoms with Crippen molar-refractivity contribution in [1.82, 2.24) is 0 Å². The Balaban J connectivity index is 2.96. The number of alkyl halides is 2. The Kier molecular flexibility index (Phi) is 3.41. The molecule has 2 N–H and O–H groups in total. The van der Waals surface area contributed by atoms with Crippen molar-refractivity contribution in [2.75, 3.05) is 0 Å². The molecule has 78 valence electrons. The summed E-state index contributed by atoms with van der Waals surface area (Å²) in [6, 6.07) is 4.89. The van der Waals surface area contributed by atoms with Crippen LogP contribution in [0.25, 0.3) is 0 Å². The number of hydrogen-bond donors (Lipinski definition) is 1. The molecule has 1 aromatic rings. The van der Waals surface area contributed by atoms with Gasteiger partial charge in [0.05, 0.1) is 0 Å². The fraction of sp³-hybridized carbons (Fsp3) is 0.400. The Labute approximate surface area is 81.7 Å². The number of ether oxygens (including phenoxy) is 1. The predicted octanol–water partition coefficient (Wildman–Crippen LogP) is 2.62. The van der Waals surface area contributed by atoms with E-state index in [0.29, 0.717) is 5.56 Å². The molecular weight excluding hydrogens is 188 g/mol. The fourth-order valence-corrected chi connectivity index (χ4v) is 1.12. The van der Waals surface area contributed by atoms with E-state index in [9.17, 15) is 8.78 Å². The van der Waals surface area contributed by atoms with Gasteiger partial charge in [-0.3, -0.25) is 0 Å². The van der Waals surface area contributed by atoms with E-state index in [1.54, 1.807) is 32.0 Å². The summed E-state index contributed by atoms with van der Waals surface area (Å²) in [6.45, 7) is 0.705. The van der Waals surface area contributed by atoms with Crippen molar-refractivity contribution in [2.45, 2.75) is 26.5 Å². The van der Waals surface area contributed by atoms with Gasteiger partial charge in [0.15, 0.2) is 0 Å². The van der Waals surface area contributed by atoms with Crippen molar-refractivity contribution in [3.8, 4) is 5.75 Å². The number of aryl methyl sites for hydroxylation is 1. The third-order valence-electron chi connectivity index (χ3n) is 1.95. The zero-order chi connectivity index (χ0) is 10.7. The van der Waals surface area contributed by atoms with Gasteiger partial charge in [0, 0.05) is 6.04 Å². The molecule has 1 atom stereocenters. The van der Waals surface area contributed by atoms with Crippen LogP contribution in [-0.4, -0.2) is 6.61 Å². The largest absolute Gasteiger partial charge is 0.435 e. The summed E-state index contributed by atoms with van der Waals surface area (Å²) in [5.74, 6) is 0.190. The minimum Gasteiger partial charge on any atom is -0.435 e. The summed E-state index contributed by atoms with van der Waals surface area (Å²) in [5.41, 5.74) is 7.08. The van der Waals surface area contributed by atoms with Crippen molar-refractivity contribution < 1.29 is 13.5 Å². The van der Waals surface area contributed by atoms with Crippen LogP contribution >= 0.6 is 0 Å². The molecule has 0 radical (unpaired) electrons. The second kappa shape index (κ2) is 4.37. The third kappa shape index (κ3) is 2.67. The molecule has 0 aromatic heterocycles. The zero-order valence-electron chi connectivity index (χ0n) is 8.13. The van der Waals surface area contributed by atoms with Gasteiger partial charge in [0.2, 0.25) is 0 Å². The Hall–Kier alpha value is -1.16. The third-order valence-corrected chi connectivity index (χ3v) is 1.95. The van der Waals surface area contributed by atoms with Gasteiger partial charge in [-0.2, -0.15) is 8.78 Å². The average Bonchev–Trinajstić information content (AvgIpc) is 2.07. The molecule has 2 nitrogen and oxygen atoms in total. The minimum absolute atomic E-state index is 0.185. The van der Waals surface area contributed by atoms with E-state index < -0.39 is 6.61 Å². The van der Waals surface area contributed by atoms with E-state index in [-0.39, 0.29) is 11.8 Å². The van der Waals surface area contributed by atoms with Crippen LogP contribution in [0.1, 0.15) is 24.1 Å². The number of hydrogen-bond acceptors (Lipinski definition) is 2. The predicted molar refractivity (Wildman–Crippen MR) is 50.4 cm³/mol. The van der Waals surface area contributed by atoms with Gasteiger partial charge in [-0.25, -0.2) is 0 Å². The summed E-state index contributed by atoms with van der Waals surface area (Å²) in [7, 11) is 0. The van der Waals surface area contributed by atoms with Crippen LogP contribution in [0.2, 0.25) is 0 Å². The highest BCUT2D eigenvalue weighted by Gasteiger charge is 2.09. The Morgan fingerprint density at radius 2 is 2.00 bits per heavy atom. The van der Waals surface area contributed by atoms with Crippen molar-refractivity contribution in [3.05, 3.63) is 29.3 Å². The fourth-order valence-electron chi connectivity index (χ4n) is 1.12. The molecule has 0 heterocycles. The van der Waals surface area contributed by atoms with Crippen molar-refractivity contribution in [2.24, 2.45) is 5.73 Å². The molecule has 14 heavy (non-hydrogen) atoms. The first kappa shape index (κ1) is 10.9. The molecule has 1 aromatic carbocycles. The van der Waals surface area contributed by atoms with Crippen LogP contribution in [0.15, 0.2) is 18.2 Å². The molecule has 0 aliphatic heterocycles. The van der Waals surface area contributed by atoms with Gasteiger partial charge in [-0.1, -0.05) is 12.1 Å². The zero-order valence-corrected chi connectivity index (χ0v) is 8.13. The second-order valence-corrected chi connectivity index (χ2v) is 3.19. The monoisotopic (exact) mass is 201 g/mol. The summed E-state index contributed by atoms with van der Waals surface area (Å²) in [6.07, 6.45) is 0. The quantitative estimate of drug-likeness (QED) is 0.815. The van der Waals surface area contributed by atoms with Crippen LogP contribution in [0.5, 0.6) is 5.75 Å². The Bertz CT molecular complexity index is 313. The molecule has 0 fully saturated rings. The molecular formula is C10H13F2NO. The summed E-state index contributed by atoms with van der Waals surface area (Å²) in [5, 5.41) is 0. The molecule has 0 amide bonds. The van der Waals surface area contributed by atoms with Gasteiger partial charge in [-0.05, 0) is 31.0 Å². The standard InChI is InChI=1S/C10H13F2NO/c1-6-3-4-8(7(2)13)5-9(6)14-10(11)12/h3-5,7,10H,13H2,1-2H3. The molecule has 0 bridgehead atoms. The molecule has 0 saturated heterocycles. The molecule has 0 aliphatic rings. The lowest BCUT2D eigenvalue weighted by atomic mass is 10.1. The number of nitrogens with two attached hydrogens (primary N) is 1. The first-order valence-corrected chi connectivity index (χ1v) is 4.31. The van der Waals surface area contributed by atoms with Gasteiger partial charge >= 0.3 is 6.61 Å². The normalized spacial score (nSPS) is 13.0. The minimum atomic E-state index is -2.79. The molecule has 1 unspecified atom stereocenters. The van der Waals surface area contributed by atoms with E-state index in [2.05, 4.69) is 4.74 Å². The molecule has 0 saturated carbocycles. The van der Waals surface area contributed by atoms with E-state index in [0.717, 1.165) is 5.56 Å². The molecule has 0 aliphatic carbocycles. The molecule has 4 heteroatoms. The van der Waals surface area contributed by atoms with Crippen LogP contribution in [0.4, 0.5) is 8.78 Å². The number of rotatable bonds is 3. The van der Waals surface area contributed by atoms with E-state index >= 15 is 0 Å². The maximum Gasteiger partial charge on any atom is 0.387 e. The maximum atomic E-state index is 12.0. The lowest BCUT2D eigenvalue weighted by molar-refractivity contribution is -0.0503. The van der Waals surface area contributed by atoms with E-state index in [4.69, 9.17) is 5.73 Å². The van der Waals surface area contributed by atoms with Gasteiger partial charge in [-0.15, -0.1) is 0 Å². The second-order valence-electron chi connectivity index (χ2n) is 3.19. The van der Waals surface area contributed by atoms with Gasteiger partial charge < -0.3 is 10.5 Å². The molecule has 1 rings (SSSR count). The molecule has 0 spiro atoms. The van der Waals surface area contributed by atoms with E-state index in [1.807, 2.05) is 0 Å². The number of benzene rings is 1.